The van der Waals surface area contributed by atoms with Gasteiger partial charge >= 0.3 is 0 Å². The summed E-state index contributed by atoms with van der Waals surface area (Å²) in [6.07, 6.45) is 1.79. The topological polar surface area (TPSA) is 83.6 Å². The molecule has 0 radical (unpaired) electrons. The third kappa shape index (κ3) is 6.02. The van der Waals surface area contributed by atoms with E-state index >= 15 is 0 Å². The molecular weight excluding hydrogens is 344 g/mol. The van der Waals surface area contributed by atoms with Gasteiger partial charge in [0.15, 0.2) is 0 Å². The molecule has 0 fully saturated rings. The van der Waals surface area contributed by atoms with Gasteiger partial charge in [-0.3, -0.25) is 0 Å². The second-order valence-electron chi connectivity index (χ2n) is 5.86. The molecule has 0 heterocycles. The van der Waals surface area contributed by atoms with Crippen LogP contribution in [0.4, 0.5) is 0 Å². The van der Waals surface area contributed by atoms with Crippen LogP contribution < -0.4 is 9.47 Å². The maximum absolute atomic E-state index is 9.34. The van der Waals surface area contributed by atoms with Crippen LogP contribution in [0.15, 0.2) is 58.8 Å². The SMILES string of the molecule is CCOc1ccc(/C(CCC/C(=N/O)c2ccc(OCC)cc2)=N\O)cc1. The minimum atomic E-state index is 0.556. The molecule has 0 saturated heterocycles. The number of hydrogen-bond donors (Lipinski definition) is 2. The highest BCUT2D eigenvalue weighted by Crippen LogP contribution is 2.17. The first-order valence-electron chi connectivity index (χ1n) is 9.10. The summed E-state index contributed by atoms with van der Waals surface area (Å²) >= 11 is 0. The first kappa shape index (κ1) is 20.3. The van der Waals surface area contributed by atoms with Crippen molar-refractivity contribution in [3.63, 3.8) is 0 Å². The van der Waals surface area contributed by atoms with Gasteiger partial charge in [-0.25, -0.2) is 0 Å². The highest BCUT2D eigenvalue weighted by Gasteiger charge is 2.09. The molecule has 0 atom stereocenters. The standard InChI is InChI=1S/C21H26N2O4/c1-3-26-18-12-8-16(9-13-18)20(22-24)6-5-7-21(23-25)17-10-14-19(15-11-17)27-4-2/h8-15,24-25H,3-7H2,1-2H3/b22-20-,23-21-. The van der Waals surface area contributed by atoms with Crippen molar-refractivity contribution in [2.45, 2.75) is 33.1 Å². The van der Waals surface area contributed by atoms with E-state index in [1.54, 1.807) is 0 Å². The van der Waals surface area contributed by atoms with Crippen LogP contribution >= 0.6 is 0 Å². The van der Waals surface area contributed by atoms with Gasteiger partial charge in [-0.15, -0.1) is 0 Å². The summed E-state index contributed by atoms with van der Waals surface area (Å²) in [6, 6.07) is 14.9. The lowest BCUT2D eigenvalue weighted by atomic mass is 10.0. The molecule has 0 aliphatic rings. The van der Waals surface area contributed by atoms with Crippen molar-refractivity contribution >= 4 is 11.4 Å². The molecule has 2 aromatic carbocycles. The predicted octanol–water partition coefficient (Wildman–Crippen LogP) is 4.71. The number of benzene rings is 2. The number of hydrogen-bond acceptors (Lipinski definition) is 6. The summed E-state index contributed by atoms with van der Waals surface area (Å²) in [7, 11) is 0. The Morgan fingerprint density at radius 1 is 0.704 bits per heavy atom. The molecule has 2 aromatic rings. The molecule has 0 bridgehead atoms. The molecule has 0 saturated carbocycles. The first-order chi connectivity index (χ1) is 13.2. The Hall–Kier alpha value is -3.02. The van der Waals surface area contributed by atoms with Crippen LogP contribution in [0, 0.1) is 0 Å². The van der Waals surface area contributed by atoms with E-state index < -0.39 is 0 Å². The quantitative estimate of drug-likeness (QED) is 0.360. The van der Waals surface area contributed by atoms with Gasteiger partial charge in [-0.2, -0.15) is 0 Å². The van der Waals surface area contributed by atoms with Gasteiger partial charge in [0.05, 0.1) is 24.6 Å². The second kappa shape index (κ2) is 10.9. The fourth-order valence-electron chi connectivity index (χ4n) is 2.75. The first-order valence-corrected chi connectivity index (χ1v) is 9.10. The lowest BCUT2D eigenvalue weighted by Crippen LogP contribution is -2.06. The zero-order chi connectivity index (χ0) is 19.5. The van der Waals surface area contributed by atoms with E-state index in [2.05, 4.69) is 10.3 Å². The minimum absolute atomic E-state index is 0.556. The Kier molecular flexibility index (Phi) is 8.16. The predicted molar refractivity (Wildman–Crippen MR) is 106 cm³/mol. The largest absolute Gasteiger partial charge is 0.494 e. The maximum atomic E-state index is 9.34. The minimum Gasteiger partial charge on any atom is -0.494 e. The van der Waals surface area contributed by atoms with E-state index in [1.165, 1.54) is 0 Å². The molecule has 2 N–H and O–H groups in total. The molecule has 0 aliphatic carbocycles. The zero-order valence-electron chi connectivity index (χ0n) is 15.8. The molecule has 0 aromatic heterocycles. The van der Waals surface area contributed by atoms with E-state index in [9.17, 15) is 10.4 Å². The fraction of sp³-hybridized carbons (Fsp3) is 0.333. The van der Waals surface area contributed by atoms with Gasteiger partial charge in [-0.05, 0) is 92.8 Å². The summed E-state index contributed by atoms with van der Waals surface area (Å²) in [5, 5.41) is 25.5. The molecule has 27 heavy (non-hydrogen) atoms. The van der Waals surface area contributed by atoms with Gasteiger partial charge in [0.25, 0.3) is 0 Å². The molecule has 6 heteroatoms. The van der Waals surface area contributed by atoms with Crippen LogP contribution in [0.1, 0.15) is 44.2 Å². The van der Waals surface area contributed by atoms with E-state index in [-0.39, 0.29) is 0 Å². The Morgan fingerprint density at radius 3 is 1.37 bits per heavy atom. The summed E-state index contributed by atoms with van der Waals surface area (Å²) in [5.41, 5.74) is 2.85. The summed E-state index contributed by atoms with van der Waals surface area (Å²) in [5.74, 6) is 1.56. The summed E-state index contributed by atoms with van der Waals surface area (Å²) in [6.45, 7) is 5.07. The van der Waals surface area contributed by atoms with Crippen molar-refractivity contribution in [3.8, 4) is 11.5 Å². The fourth-order valence-corrected chi connectivity index (χ4v) is 2.75. The summed E-state index contributed by atoms with van der Waals surface area (Å²) in [4.78, 5) is 0. The van der Waals surface area contributed by atoms with E-state index in [0.717, 1.165) is 22.6 Å². The molecule has 6 nitrogen and oxygen atoms in total. The Labute approximate surface area is 159 Å². The Morgan fingerprint density at radius 2 is 1.07 bits per heavy atom. The number of oxime groups is 2. The van der Waals surface area contributed by atoms with Crippen molar-refractivity contribution in [1.82, 2.24) is 0 Å². The third-order valence-electron chi connectivity index (χ3n) is 4.07. The Balaban J connectivity index is 1.93. The second-order valence-corrected chi connectivity index (χ2v) is 5.86. The van der Waals surface area contributed by atoms with Gasteiger partial charge in [0.2, 0.25) is 0 Å². The number of nitrogens with zero attached hydrogens (tertiary/aromatic N) is 2. The van der Waals surface area contributed by atoms with Crippen LogP contribution in [0.3, 0.4) is 0 Å². The van der Waals surface area contributed by atoms with Crippen molar-refractivity contribution in [3.05, 3.63) is 59.7 Å². The van der Waals surface area contributed by atoms with Crippen LogP contribution in [0.5, 0.6) is 11.5 Å². The van der Waals surface area contributed by atoms with Gasteiger partial charge in [-0.1, -0.05) is 10.3 Å². The molecule has 2 rings (SSSR count). The van der Waals surface area contributed by atoms with Crippen molar-refractivity contribution < 1.29 is 19.9 Å². The number of rotatable bonds is 10. The van der Waals surface area contributed by atoms with E-state index in [1.807, 2.05) is 62.4 Å². The van der Waals surface area contributed by atoms with E-state index in [4.69, 9.17) is 9.47 Å². The lowest BCUT2D eigenvalue weighted by Gasteiger charge is -2.09. The van der Waals surface area contributed by atoms with Crippen molar-refractivity contribution in [1.29, 1.82) is 0 Å². The average Bonchev–Trinajstić information content (AvgIpc) is 2.70. The van der Waals surface area contributed by atoms with Gasteiger partial charge in [0.1, 0.15) is 11.5 Å². The third-order valence-corrected chi connectivity index (χ3v) is 4.07. The molecule has 0 aliphatic heterocycles. The lowest BCUT2D eigenvalue weighted by molar-refractivity contribution is 0.317. The van der Waals surface area contributed by atoms with Crippen LogP contribution in [0.2, 0.25) is 0 Å². The van der Waals surface area contributed by atoms with Crippen molar-refractivity contribution in [2.24, 2.45) is 10.3 Å². The summed E-state index contributed by atoms with van der Waals surface area (Å²) < 4.78 is 10.8. The average molecular weight is 370 g/mol. The highest BCUT2D eigenvalue weighted by atomic mass is 16.5. The Bertz CT molecular complexity index is 687. The molecule has 0 spiro atoms. The van der Waals surface area contributed by atoms with Gasteiger partial charge < -0.3 is 19.9 Å². The monoisotopic (exact) mass is 370 g/mol. The molecule has 0 amide bonds. The van der Waals surface area contributed by atoms with Crippen LogP contribution in [0.25, 0.3) is 0 Å². The molecular formula is C21H26N2O4. The van der Waals surface area contributed by atoms with Crippen molar-refractivity contribution in [2.75, 3.05) is 13.2 Å². The van der Waals surface area contributed by atoms with Crippen LogP contribution in [-0.4, -0.2) is 35.1 Å². The maximum Gasteiger partial charge on any atom is 0.119 e. The zero-order valence-corrected chi connectivity index (χ0v) is 15.8. The molecule has 0 unspecified atom stereocenters. The van der Waals surface area contributed by atoms with Gasteiger partial charge in [0, 0.05) is 0 Å². The highest BCUT2D eigenvalue weighted by molar-refractivity contribution is 6.02. The molecule has 144 valence electrons. The van der Waals surface area contributed by atoms with E-state index in [0.29, 0.717) is 43.9 Å². The smallest absolute Gasteiger partial charge is 0.119 e. The normalized spacial score (nSPS) is 12.1. The van der Waals surface area contributed by atoms with Crippen LogP contribution in [-0.2, 0) is 0 Å². The number of ether oxygens (including phenoxy) is 2.